The van der Waals surface area contributed by atoms with Crippen molar-refractivity contribution in [2.24, 2.45) is 0 Å². The molecule has 2 N–H and O–H groups in total. The van der Waals surface area contributed by atoms with Gasteiger partial charge in [-0.3, -0.25) is 9.59 Å². The summed E-state index contributed by atoms with van der Waals surface area (Å²) < 4.78 is 10.5. The van der Waals surface area contributed by atoms with Crippen LogP contribution in [0.5, 0.6) is 11.5 Å². The van der Waals surface area contributed by atoms with Gasteiger partial charge < -0.3 is 24.6 Å². The van der Waals surface area contributed by atoms with E-state index in [1.807, 2.05) is 27.9 Å². The molecular weight excluding hydrogens is 392 g/mol. The first-order valence-electron chi connectivity index (χ1n) is 9.28. The lowest BCUT2D eigenvalue weighted by Gasteiger charge is -2.23. The number of nitrogens with one attached hydrogen (secondary N) is 2. The molecule has 0 saturated carbocycles. The Kier molecular flexibility index (Phi) is 7.98. The summed E-state index contributed by atoms with van der Waals surface area (Å²) in [4.78, 5) is 33.8. The average Bonchev–Trinajstić information content (AvgIpc) is 3.00. The number of amides is 2. The van der Waals surface area contributed by atoms with E-state index in [1.165, 1.54) is 35.4 Å². The van der Waals surface area contributed by atoms with Crippen LogP contribution in [0, 0.1) is 13.8 Å². The molecule has 158 valence electrons. The Morgan fingerprint density at radius 3 is 2.24 bits per heavy atom. The molecule has 0 bridgehead atoms. The first-order chi connectivity index (χ1) is 13.7. The Morgan fingerprint density at radius 1 is 1.14 bits per heavy atom. The number of thiazole rings is 1. The van der Waals surface area contributed by atoms with E-state index in [0.29, 0.717) is 35.3 Å². The van der Waals surface area contributed by atoms with Crippen LogP contribution in [-0.2, 0) is 4.79 Å². The molecule has 0 aliphatic heterocycles. The highest BCUT2D eigenvalue weighted by molar-refractivity contribution is 7.15. The molecule has 2 aromatic rings. The number of hydrogen-bond acceptors (Lipinski definition) is 6. The highest BCUT2D eigenvalue weighted by Gasteiger charge is 2.22. The quantitative estimate of drug-likeness (QED) is 0.631. The number of carbonyl (C=O) groups excluding carboxylic acids is 2. The third kappa shape index (κ3) is 6.43. The molecule has 8 nitrogen and oxygen atoms in total. The number of anilines is 1. The van der Waals surface area contributed by atoms with E-state index in [0.717, 1.165) is 10.6 Å². The predicted molar refractivity (Wildman–Crippen MR) is 113 cm³/mol. The van der Waals surface area contributed by atoms with Crippen molar-refractivity contribution in [3.05, 3.63) is 34.3 Å². The normalized spacial score (nSPS) is 10.7. The van der Waals surface area contributed by atoms with Crippen molar-refractivity contribution in [3.8, 4) is 11.5 Å². The second-order valence-corrected chi connectivity index (χ2v) is 8.20. The minimum absolute atomic E-state index is 0.0662. The van der Waals surface area contributed by atoms with E-state index in [-0.39, 0.29) is 18.4 Å². The number of aryl methyl sites for hydroxylation is 2. The number of carbonyl (C=O) groups is 2. The molecule has 0 aliphatic carbocycles. The summed E-state index contributed by atoms with van der Waals surface area (Å²) in [6.07, 6.45) is 0. The fourth-order valence-electron chi connectivity index (χ4n) is 2.58. The maximum atomic E-state index is 13.2. The zero-order valence-electron chi connectivity index (χ0n) is 17.8. The topological polar surface area (TPSA) is 85.2 Å². The number of methoxy groups -OCH3 is 2. The Bertz CT molecular complexity index is 824. The van der Waals surface area contributed by atoms with E-state index >= 15 is 0 Å². The van der Waals surface area contributed by atoms with Gasteiger partial charge in [-0.15, -0.1) is 11.3 Å². The third-order valence-corrected chi connectivity index (χ3v) is 5.36. The largest absolute Gasteiger partial charge is 0.497 e. The molecular formula is C20H29N4O4S+. The van der Waals surface area contributed by atoms with Crippen molar-refractivity contribution in [1.82, 2.24) is 9.88 Å². The number of likely N-dealkylation sites (N-methyl/N-ethyl adjacent to an activating group) is 1. The molecule has 2 rings (SSSR count). The summed E-state index contributed by atoms with van der Waals surface area (Å²) in [5, 5.41) is 3.33. The fourth-order valence-corrected chi connectivity index (χ4v) is 3.41. The van der Waals surface area contributed by atoms with E-state index in [2.05, 4.69) is 10.3 Å². The molecule has 9 heteroatoms. The number of nitrogens with zero attached hydrogens (tertiary/aromatic N) is 2. The Hall–Kier alpha value is -2.65. The summed E-state index contributed by atoms with van der Waals surface area (Å²) in [6.45, 7) is 4.92. The van der Waals surface area contributed by atoms with Crippen molar-refractivity contribution < 1.29 is 24.0 Å². The van der Waals surface area contributed by atoms with Crippen LogP contribution in [0.2, 0.25) is 0 Å². The lowest BCUT2D eigenvalue weighted by atomic mass is 10.1. The van der Waals surface area contributed by atoms with Crippen LogP contribution in [0.15, 0.2) is 18.2 Å². The highest BCUT2D eigenvalue weighted by atomic mass is 32.1. The summed E-state index contributed by atoms with van der Waals surface area (Å²) in [6, 6.07) is 4.99. The lowest BCUT2D eigenvalue weighted by Crippen LogP contribution is -3.06. The summed E-state index contributed by atoms with van der Waals surface area (Å²) >= 11 is 1.42. The van der Waals surface area contributed by atoms with Gasteiger partial charge >= 0.3 is 0 Å². The number of benzene rings is 1. The molecule has 0 unspecified atom stereocenters. The van der Waals surface area contributed by atoms with E-state index in [1.54, 1.807) is 18.2 Å². The van der Waals surface area contributed by atoms with Gasteiger partial charge in [-0.25, -0.2) is 4.98 Å². The minimum Gasteiger partial charge on any atom is -0.497 e. The van der Waals surface area contributed by atoms with Gasteiger partial charge in [0.15, 0.2) is 5.13 Å². The van der Waals surface area contributed by atoms with Crippen LogP contribution < -0.4 is 19.7 Å². The Morgan fingerprint density at radius 2 is 1.76 bits per heavy atom. The van der Waals surface area contributed by atoms with Crippen molar-refractivity contribution in [2.45, 2.75) is 13.8 Å². The van der Waals surface area contributed by atoms with Gasteiger partial charge in [0.2, 0.25) is 5.91 Å². The van der Waals surface area contributed by atoms with Crippen molar-refractivity contribution >= 4 is 28.3 Å². The maximum absolute atomic E-state index is 13.2. The lowest BCUT2D eigenvalue weighted by molar-refractivity contribution is -0.857. The number of hydrogen-bond donors (Lipinski definition) is 2. The van der Waals surface area contributed by atoms with Gasteiger partial charge in [0.25, 0.3) is 5.91 Å². The number of aromatic nitrogens is 1. The molecule has 0 fully saturated rings. The monoisotopic (exact) mass is 421 g/mol. The van der Waals surface area contributed by atoms with E-state index in [4.69, 9.17) is 9.47 Å². The molecule has 0 aliphatic rings. The number of ether oxygens (including phenoxy) is 2. The summed E-state index contributed by atoms with van der Waals surface area (Å²) in [5.74, 6) is 0.494. The molecule has 1 heterocycles. The van der Waals surface area contributed by atoms with Crippen LogP contribution in [-0.4, -0.2) is 69.6 Å². The van der Waals surface area contributed by atoms with Crippen molar-refractivity contribution in [2.75, 3.05) is 53.3 Å². The highest BCUT2D eigenvalue weighted by Crippen LogP contribution is 2.24. The molecule has 2 amide bonds. The smallest absolute Gasteiger partial charge is 0.254 e. The third-order valence-electron chi connectivity index (χ3n) is 4.38. The molecule has 0 atom stereocenters. The minimum atomic E-state index is -0.282. The second-order valence-electron chi connectivity index (χ2n) is 6.99. The first kappa shape index (κ1) is 22.6. The number of quaternary nitrogens is 1. The van der Waals surface area contributed by atoms with Crippen LogP contribution in [0.3, 0.4) is 0 Å². The zero-order valence-corrected chi connectivity index (χ0v) is 18.6. The molecule has 0 spiro atoms. The van der Waals surface area contributed by atoms with Crippen LogP contribution in [0.25, 0.3) is 0 Å². The first-order valence-corrected chi connectivity index (χ1v) is 10.1. The van der Waals surface area contributed by atoms with Gasteiger partial charge in [0.1, 0.15) is 18.0 Å². The van der Waals surface area contributed by atoms with Crippen LogP contribution >= 0.6 is 11.3 Å². The SMILES string of the molecule is COc1cc(OC)cc(C(=O)N(CC[NH+](C)C)CC(=O)Nc2nc(C)c(C)s2)c1. The zero-order chi connectivity index (χ0) is 21.6. The van der Waals surface area contributed by atoms with E-state index in [9.17, 15) is 9.59 Å². The second kappa shape index (κ2) is 10.2. The molecule has 0 radical (unpaired) electrons. The molecule has 1 aromatic heterocycles. The summed E-state index contributed by atoms with van der Waals surface area (Å²) in [7, 11) is 7.06. The van der Waals surface area contributed by atoms with Gasteiger partial charge in [-0.2, -0.15) is 0 Å². The van der Waals surface area contributed by atoms with Crippen molar-refractivity contribution in [3.63, 3.8) is 0 Å². The van der Waals surface area contributed by atoms with Crippen LogP contribution in [0.4, 0.5) is 5.13 Å². The van der Waals surface area contributed by atoms with Gasteiger partial charge in [0, 0.05) is 16.5 Å². The van der Waals surface area contributed by atoms with Gasteiger partial charge in [-0.05, 0) is 26.0 Å². The van der Waals surface area contributed by atoms with E-state index < -0.39 is 0 Å². The molecule has 1 aromatic carbocycles. The molecule has 0 saturated heterocycles. The average molecular weight is 422 g/mol. The fraction of sp³-hybridized carbons (Fsp3) is 0.450. The Balaban J connectivity index is 2.20. The molecule has 29 heavy (non-hydrogen) atoms. The van der Waals surface area contributed by atoms with Gasteiger partial charge in [0.05, 0.1) is 47.1 Å². The predicted octanol–water partition coefficient (Wildman–Crippen LogP) is 1.00. The van der Waals surface area contributed by atoms with Crippen LogP contribution in [0.1, 0.15) is 20.9 Å². The maximum Gasteiger partial charge on any atom is 0.254 e. The van der Waals surface area contributed by atoms with Gasteiger partial charge in [-0.1, -0.05) is 0 Å². The summed E-state index contributed by atoms with van der Waals surface area (Å²) in [5.41, 5.74) is 1.29. The van der Waals surface area contributed by atoms with Crippen molar-refractivity contribution in [1.29, 1.82) is 0 Å². The standard InChI is InChI=1S/C20H28N4O4S/c1-13-14(2)29-20(21-13)22-18(25)12-24(8-7-23(3)4)19(26)15-9-16(27-5)11-17(10-15)28-6/h9-11H,7-8,12H2,1-6H3,(H,21,22,25)/p+1. The Labute approximate surface area is 175 Å². The number of rotatable bonds is 9.